The van der Waals surface area contributed by atoms with Crippen molar-refractivity contribution in [1.29, 1.82) is 0 Å². The maximum Gasteiger partial charge on any atom is 0.0481 e. The smallest absolute Gasteiger partial charge is 0.0481 e. The normalized spacial score (nSPS) is 10.8. The zero-order chi connectivity index (χ0) is 10.8. The summed E-state index contributed by atoms with van der Waals surface area (Å²) in [6.45, 7) is 2.13. The largest absolute Gasteiger partial charge is 0.346 e. The second-order valence-corrected chi connectivity index (χ2v) is 5.26. The summed E-state index contributed by atoms with van der Waals surface area (Å²) in [5.74, 6) is 0. The van der Waals surface area contributed by atoms with Gasteiger partial charge in [-0.2, -0.15) is 0 Å². The zero-order valence-corrected chi connectivity index (χ0v) is 12.5. The van der Waals surface area contributed by atoms with Crippen LogP contribution in [0.3, 0.4) is 0 Å². The van der Waals surface area contributed by atoms with Crippen molar-refractivity contribution in [3.8, 4) is 0 Å². The van der Waals surface area contributed by atoms with Gasteiger partial charge in [0, 0.05) is 33.8 Å². The summed E-state index contributed by atoms with van der Waals surface area (Å²) in [7, 11) is 4.21. The van der Waals surface area contributed by atoms with Gasteiger partial charge in [0.15, 0.2) is 0 Å². The lowest BCUT2D eigenvalue weighted by molar-refractivity contribution is 0.387. The van der Waals surface area contributed by atoms with Gasteiger partial charge < -0.3 is 9.47 Å². The Bertz CT molecular complexity index is 465. The molecule has 0 N–H and O–H groups in total. The summed E-state index contributed by atoms with van der Waals surface area (Å²) in [5, 5.41) is 1.33. The summed E-state index contributed by atoms with van der Waals surface area (Å²) in [6, 6.07) is 8.77. The van der Waals surface area contributed by atoms with E-state index in [2.05, 4.69) is 76.6 Å². The minimum absolute atomic E-state index is 0. The number of rotatable bonds is 3. The van der Waals surface area contributed by atoms with Crippen molar-refractivity contribution < 1.29 is 0 Å². The molecule has 0 saturated carbocycles. The average molecular weight is 351 g/mol. The first kappa shape index (κ1) is 13.8. The molecule has 1 aromatic carbocycles. The number of nitrogens with zero attached hydrogens (tertiary/aromatic N) is 2. The molecule has 0 radical (unpaired) electrons. The van der Waals surface area contributed by atoms with Crippen LogP contribution in [-0.2, 0) is 6.54 Å². The summed E-state index contributed by atoms with van der Waals surface area (Å²) in [4.78, 5) is 2.21. The van der Waals surface area contributed by atoms with E-state index in [1.54, 1.807) is 0 Å². The molecular weight excluding hydrogens is 335 g/mol. The van der Waals surface area contributed by atoms with Gasteiger partial charge in [-0.15, -0.1) is 12.4 Å². The molecule has 0 fully saturated rings. The van der Waals surface area contributed by atoms with Gasteiger partial charge in [-0.3, -0.25) is 0 Å². The highest BCUT2D eigenvalue weighted by Crippen LogP contribution is 2.18. The molecule has 0 spiro atoms. The summed E-state index contributed by atoms with van der Waals surface area (Å²) < 4.78 is 3.61. The maximum atomic E-state index is 2.35. The third kappa shape index (κ3) is 3.12. The SMILES string of the molecule is CN(C)CCn1ccc2cc(I)ccc21.Cl. The van der Waals surface area contributed by atoms with Gasteiger partial charge in [-0.1, -0.05) is 0 Å². The van der Waals surface area contributed by atoms with Gasteiger partial charge in [0.05, 0.1) is 0 Å². The quantitative estimate of drug-likeness (QED) is 0.772. The second kappa shape index (κ2) is 5.89. The minimum Gasteiger partial charge on any atom is -0.346 e. The van der Waals surface area contributed by atoms with Crippen LogP contribution in [0.4, 0.5) is 0 Å². The van der Waals surface area contributed by atoms with Gasteiger partial charge in [-0.25, -0.2) is 0 Å². The van der Waals surface area contributed by atoms with Crippen LogP contribution in [0.1, 0.15) is 0 Å². The van der Waals surface area contributed by atoms with E-state index in [4.69, 9.17) is 0 Å². The highest BCUT2D eigenvalue weighted by Gasteiger charge is 2.01. The molecule has 2 aromatic rings. The third-order valence-corrected chi connectivity index (χ3v) is 3.19. The molecule has 0 saturated heterocycles. The predicted octanol–water partition coefficient (Wildman–Crippen LogP) is 3.23. The first-order chi connectivity index (χ1) is 7.16. The summed E-state index contributed by atoms with van der Waals surface area (Å²) in [6.07, 6.45) is 2.17. The van der Waals surface area contributed by atoms with Crippen molar-refractivity contribution in [2.45, 2.75) is 6.54 Å². The number of benzene rings is 1. The summed E-state index contributed by atoms with van der Waals surface area (Å²) >= 11 is 2.35. The molecule has 4 heteroatoms. The third-order valence-electron chi connectivity index (χ3n) is 2.52. The van der Waals surface area contributed by atoms with E-state index in [-0.39, 0.29) is 12.4 Å². The van der Waals surface area contributed by atoms with Crippen molar-refractivity contribution in [2.75, 3.05) is 20.6 Å². The Labute approximate surface area is 116 Å². The first-order valence-corrected chi connectivity index (χ1v) is 6.14. The van der Waals surface area contributed by atoms with Crippen LogP contribution in [0.5, 0.6) is 0 Å². The van der Waals surface area contributed by atoms with Crippen LogP contribution < -0.4 is 0 Å². The highest BCUT2D eigenvalue weighted by molar-refractivity contribution is 14.1. The Kier molecular flexibility index (Phi) is 5.08. The molecule has 16 heavy (non-hydrogen) atoms. The number of likely N-dealkylation sites (N-methyl/N-ethyl adjacent to an activating group) is 1. The maximum absolute atomic E-state index is 2.35. The average Bonchev–Trinajstić information content (AvgIpc) is 2.57. The fourth-order valence-electron chi connectivity index (χ4n) is 1.67. The molecule has 2 rings (SSSR count). The van der Waals surface area contributed by atoms with E-state index in [9.17, 15) is 0 Å². The Morgan fingerprint density at radius 1 is 1.25 bits per heavy atom. The van der Waals surface area contributed by atoms with Crippen molar-refractivity contribution in [1.82, 2.24) is 9.47 Å². The Morgan fingerprint density at radius 3 is 2.69 bits per heavy atom. The Hall–Kier alpha value is -0.260. The molecular formula is C12H16ClIN2. The van der Waals surface area contributed by atoms with Gasteiger partial charge >= 0.3 is 0 Å². The lowest BCUT2D eigenvalue weighted by Crippen LogP contribution is -2.17. The Balaban J connectivity index is 0.00000128. The van der Waals surface area contributed by atoms with E-state index in [1.807, 2.05) is 0 Å². The highest BCUT2D eigenvalue weighted by atomic mass is 127. The molecule has 0 aliphatic heterocycles. The van der Waals surface area contributed by atoms with Crippen LogP contribution in [0.15, 0.2) is 30.5 Å². The molecule has 1 aromatic heterocycles. The lowest BCUT2D eigenvalue weighted by Gasteiger charge is -2.11. The molecule has 0 aliphatic rings. The number of hydrogen-bond acceptors (Lipinski definition) is 1. The molecule has 0 unspecified atom stereocenters. The standard InChI is InChI=1S/C12H15IN2.ClH/c1-14(2)7-8-15-6-5-10-9-11(13)3-4-12(10)15;/h3-6,9H,7-8H2,1-2H3;1H. The number of aromatic nitrogens is 1. The second-order valence-electron chi connectivity index (χ2n) is 4.02. The van der Waals surface area contributed by atoms with Gasteiger partial charge in [0.25, 0.3) is 0 Å². The van der Waals surface area contributed by atoms with Crippen LogP contribution in [0.2, 0.25) is 0 Å². The van der Waals surface area contributed by atoms with Crippen molar-refractivity contribution in [2.24, 2.45) is 0 Å². The molecule has 1 heterocycles. The first-order valence-electron chi connectivity index (χ1n) is 5.06. The monoisotopic (exact) mass is 350 g/mol. The molecule has 0 bridgehead atoms. The number of hydrogen-bond donors (Lipinski definition) is 0. The van der Waals surface area contributed by atoms with Crippen molar-refractivity contribution in [3.05, 3.63) is 34.0 Å². The Morgan fingerprint density at radius 2 is 2.00 bits per heavy atom. The number of halogens is 2. The van der Waals surface area contributed by atoms with E-state index >= 15 is 0 Å². The topological polar surface area (TPSA) is 8.17 Å². The molecule has 0 aliphatic carbocycles. The predicted molar refractivity (Wildman–Crippen MR) is 80.5 cm³/mol. The van der Waals surface area contributed by atoms with E-state index in [1.165, 1.54) is 14.5 Å². The molecule has 0 amide bonds. The van der Waals surface area contributed by atoms with E-state index in [0.29, 0.717) is 0 Å². The number of fused-ring (bicyclic) bond motifs is 1. The fraction of sp³-hybridized carbons (Fsp3) is 0.333. The van der Waals surface area contributed by atoms with Gasteiger partial charge in [0.2, 0.25) is 0 Å². The van der Waals surface area contributed by atoms with Crippen molar-refractivity contribution >= 4 is 45.9 Å². The molecule has 88 valence electrons. The van der Waals surface area contributed by atoms with Crippen LogP contribution >= 0.6 is 35.0 Å². The van der Waals surface area contributed by atoms with Crippen LogP contribution in [0, 0.1) is 3.57 Å². The molecule has 0 atom stereocenters. The molecule has 2 nitrogen and oxygen atoms in total. The van der Waals surface area contributed by atoms with Gasteiger partial charge in [0.1, 0.15) is 0 Å². The van der Waals surface area contributed by atoms with E-state index in [0.717, 1.165) is 13.1 Å². The van der Waals surface area contributed by atoms with Crippen molar-refractivity contribution in [3.63, 3.8) is 0 Å². The minimum atomic E-state index is 0. The zero-order valence-electron chi connectivity index (χ0n) is 9.48. The van der Waals surface area contributed by atoms with Crippen LogP contribution in [-0.4, -0.2) is 30.1 Å². The lowest BCUT2D eigenvalue weighted by atomic mass is 10.2. The fourth-order valence-corrected chi connectivity index (χ4v) is 2.19. The van der Waals surface area contributed by atoms with Crippen LogP contribution in [0.25, 0.3) is 10.9 Å². The van der Waals surface area contributed by atoms with E-state index < -0.39 is 0 Å². The summed E-state index contributed by atoms with van der Waals surface area (Å²) in [5.41, 5.74) is 1.33. The van der Waals surface area contributed by atoms with Gasteiger partial charge in [-0.05, 0) is 61.0 Å².